The van der Waals surface area contributed by atoms with Gasteiger partial charge in [-0.25, -0.2) is 38.4 Å². The topological polar surface area (TPSA) is 241 Å². The molecule has 0 aliphatic heterocycles. The van der Waals surface area contributed by atoms with E-state index < -0.39 is 75.7 Å². The molecular weight excluding hydrogens is 616 g/mol. The number of anilines is 2. The average molecular weight is 647 g/mol. The van der Waals surface area contributed by atoms with Gasteiger partial charge in [0, 0.05) is 11.4 Å². The number of nitrogens with zero attached hydrogens (tertiary/aromatic N) is 2. The number of isocyanates is 2. The van der Waals surface area contributed by atoms with Crippen LogP contribution in [-0.4, -0.2) is 87.9 Å². The van der Waals surface area contributed by atoms with Crippen molar-refractivity contribution in [3.8, 4) is 0 Å². The van der Waals surface area contributed by atoms with Crippen LogP contribution in [0.5, 0.6) is 0 Å². The quantitative estimate of drug-likeness (QED) is 0.0930. The Morgan fingerprint density at radius 2 is 0.804 bits per heavy atom. The number of benzene rings is 2. The number of rotatable bonds is 15. The molecule has 0 bridgehead atoms. The van der Waals surface area contributed by atoms with Crippen molar-refractivity contribution in [1.82, 2.24) is 0 Å². The second-order valence-corrected chi connectivity index (χ2v) is 7.66. The predicted molar refractivity (Wildman–Crippen MR) is 156 cm³/mol. The molecule has 0 radical (unpaired) electrons. The van der Waals surface area contributed by atoms with Crippen LogP contribution in [0.25, 0.3) is 0 Å². The molecule has 0 heterocycles. The minimum absolute atomic E-state index is 0. The number of aliphatic imine (C=N–C) groups is 2. The lowest BCUT2D eigenvalue weighted by atomic mass is 10.3. The van der Waals surface area contributed by atoms with Crippen molar-refractivity contribution in [2.24, 2.45) is 9.98 Å². The zero-order chi connectivity index (χ0) is 32.2. The van der Waals surface area contributed by atoms with Crippen LogP contribution in [-0.2, 0) is 57.2 Å². The Balaban J connectivity index is 0.0000101. The van der Waals surface area contributed by atoms with Crippen molar-refractivity contribution in [3.05, 3.63) is 48.5 Å². The maximum atomic E-state index is 11.7. The lowest BCUT2D eigenvalue weighted by molar-refractivity contribution is -0.165. The lowest BCUT2D eigenvalue weighted by Crippen LogP contribution is -2.25. The molecule has 2 N–H and O–H groups in total. The zero-order valence-corrected chi connectivity index (χ0v) is 22.5. The maximum absolute atomic E-state index is 11.7. The summed E-state index contributed by atoms with van der Waals surface area (Å²) in [5.41, 5.74) is 1.21. The summed E-state index contributed by atoms with van der Waals surface area (Å²) in [5.74, 6) is -4.10. The van der Waals surface area contributed by atoms with Crippen LogP contribution >= 0.6 is 0 Å². The molecule has 18 nitrogen and oxygen atoms in total. The SMILES string of the molecule is C.C.O=C=Nc1ccc(NC(=O)OCC(=O)OCC(=O)OCCOC(=O)COC(=O)COC(=O)Nc2ccc(N=C=O)cc2)cc1. The van der Waals surface area contributed by atoms with Gasteiger partial charge in [0.1, 0.15) is 13.2 Å². The standard InChI is InChI=1S/C26H22N4O14.2CH4/c31-15-27-17-1-5-19(6-2-17)29-25(37)43-13-23(35)41-11-21(33)39-9-10-40-22(34)12-42-24(36)14-44-26(38)30-20-7-3-18(4-8-20)28-16-32;;/h1-8H,9-14H2,(H,29,37)(H,30,38);2*1H4. The van der Waals surface area contributed by atoms with Crippen molar-refractivity contribution in [2.75, 3.05) is 50.3 Å². The second-order valence-electron chi connectivity index (χ2n) is 7.66. The Morgan fingerprint density at radius 3 is 1.13 bits per heavy atom. The smallest absolute Gasteiger partial charge is 0.412 e. The Kier molecular flexibility index (Phi) is 19.1. The summed E-state index contributed by atoms with van der Waals surface area (Å²) >= 11 is 0. The number of nitrogens with one attached hydrogen (secondary N) is 2. The number of esters is 4. The monoisotopic (exact) mass is 646 g/mol. The fourth-order valence-electron chi connectivity index (χ4n) is 2.66. The summed E-state index contributed by atoms with van der Waals surface area (Å²) in [6.07, 6.45) is 0.737. The molecule has 0 saturated carbocycles. The highest BCUT2D eigenvalue weighted by atomic mass is 16.6. The molecule has 2 amide bonds. The van der Waals surface area contributed by atoms with Crippen molar-refractivity contribution in [1.29, 1.82) is 0 Å². The van der Waals surface area contributed by atoms with Gasteiger partial charge in [-0.1, -0.05) is 14.9 Å². The minimum atomic E-state index is -1.05. The molecule has 0 aliphatic carbocycles. The second kappa shape index (κ2) is 22.2. The molecule has 46 heavy (non-hydrogen) atoms. The molecule has 0 fully saturated rings. The van der Waals surface area contributed by atoms with E-state index in [9.17, 15) is 38.4 Å². The van der Waals surface area contributed by atoms with E-state index in [1.165, 1.54) is 60.7 Å². The van der Waals surface area contributed by atoms with E-state index in [1.807, 2.05) is 0 Å². The van der Waals surface area contributed by atoms with Gasteiger partial charge in [0.05, 0.1) is 11.4 Å². The van der Waals surface area contributed by atoms with Crippen LogP contribution in [0.4, 0.5) is 32.3 Å². The Morgan fingerprint density at radius 1 is 0.500 bits per heavy atom. The third-order valence-electron chi connectivity index (χ3n) is 4.53. The summed E-state index contributed by atoms with van der Waals surface area (Å²) in [5, 5.41) is 4.62. The van der Waals surface area contributed by atoms with Crippen LogP contribution in [0.1, 0.15) is 14.9 Å². The van der Waals surface area contributed by atoms with E-state index in [4.69, 9.17) is 9.47 Å². The highest BCUT2D eigenvalue weighted by Gasteiger charge is 2.14. The van der Waals surface area contributed by atoms with Crippen molar-refractivity contribution < 1.29 is 66.8 Å². The van der Waals surface area contributed by atoms with E-state index in [0.29, 0.717) is 11.4 Å². The van der Waals surface area contributed by atoms with Gasteiger partial charge in [0.15, 0.2) is 26.4 Å². The predicted octanol–water partition coefficient (Wildman–Crippen LogP) is 2.86. The minimum Gasteiger partial charge on any atom is -0.460 e. The fourth-order valence-corrected chi connectivity index (χ4v) is 2.66. The zero-order valence-electron chi connectivity index (χ0n) is 22.5. The fraction of sp³-hybridized carbons (Fsp3) is 0.286. The Labute approximate surface area is 261 Å². The van der Waals surface area contributed by atoms with Crippen LogP contribution in [0.2, 0.25) is 0 Å². The highest BCUT2D eigenvalue weighted by molar-refractivity contribution is 5.87. The van der Waals surface area contributed by atoms with Crippen molar-refractivity contribution >= 4 is 71.0 Å². The first-order chi connectivity index (χ1) is 21.2. The molecule has 0 saturated heterocycles. The Hall–Kier alpha value is -6.38. The summed E-state index contributed by atoms with van der Waals surface area (Å²) in [6.45, 7) is -4.10. The summed E-state index contributed by atoms with van der Waals surface area (Å²) in [6, 6.07) is 11.4. The molecule has 0 aliphatic rings. The summed E-state index contributed by atoms with van der Waals surface area (Å²) < 4.78 is 27.9. The summed E-state index contributed by atoms with van der Waals surface area (Å²) in [4.78, 5) is 97.0. The number of amides is 2. The number of carbonyl (C=O) groups is 6. The van der Waals surface area contributed by atoms with Gasteiger partial charge in [-0.2, -0.15) is 9.98 Å². The molecule has 18 heteroatoms. The molecule has 0 spiro atoms. The van der Waals surface area contributed by atoms with Crippen molar-refractivity contribution in [2.45, 2.75) is 14.9 Å². The third-order valence-corrected chi connectivity index (χ3v) is 4.53. The molecule has 2 aromatic rings. The van der Waals surface area contributed by atoms with Gasteiger partial charge in [-0.05, 0) is 48.5 Å². The number of ether oxygens (including phenoxy) is 6. The molecule has 246 valence electrons. The first-order valence-corrected chi connectivity index (χ1v) is 12.0. The number of hydrogen-bond acceptors (Lipinski definition) is 16. The van der Waals surface area contributed by atoms with Crippen molar-refractivity contribution in [3.63, 3.8) is 0 Å². The van der Waals surface area contributed by atoms with Crippen LogP contribution in [0.3, 0.4) is 0 Å². The van der Waals surface area contributed by atoms with Gasteiger partial charge in [-0.3, -0.25) is 10.6 Å². The normalized spacial score (nSPS) is 9.13. The highest BCUT2D eigenvalue weighted by Crippen LogP contribution is 2.16. The van der Waals surface area contributed by atoms with E-state index >= 15 is 0 Å². The summed E-state index contributed by atoms with van der Waals surface area (Å²) in [7, 11) is 0. The van der Waals surface area contributed by atoms with Gasteiger partial charge >= 0.3 is 36.1 Å². The largest absolute Gasteiger partial charge is 0.460 e. The molecule has 0 atom stereocenters. The first-order valence-electron chi connectivity index (χ1n) is 12.0. The molecule has 2 rings (SSSR count). The van der Waals surface area contributed by atoms with Gasteiger partial charge < -0.3 is 28.4 Å². The maximum Gasteiger partial charge on any atom is 0.412 e. The van der Waals surface area contributed by atoms with Gasteiger partial charge in [0.25, 0.3) is 0 Å². The van der Waals surface area contributed by atoms with E-state index in [1.54, 1.807) is 0 Å². The Bertz CT molecular complexity index is 1320. The number of hydrogen-bond donors (Lipinski definition) is 2. The van der Waals surface area contributed by atoms with E-state index in [2.05, 4.69) is 39.6 Å². The number of carbonyl (C=O) groups excluding carboxylic acids is 8. The van der Waals surface area contributed by atoms with Crippen LogP contribution in [0, 0.1) is 0 Å². The average Bonchev–Trinajstić information content (AvgIpc) is 3.01. The van der Waals surface area contributed by atoms with E-state index in [0.717, 1.165) is 0 Å². The van der Waals surface area contributed by atoms with E-state index in [-0.39, 0.29) is 26.2 Å². The molecule has 0 unspecified atom stereocenters. The van der Waals surface area contributed by atoms with Gasteiger partial charge in [0.2, 0.25) is 12.2 Å². The molecule has 2 aromatic carbocycles. The first kappa shape index (κ1) is 39.6. The van der Waals surface area contributed by atoms with Gasteiger partial charge in [-0.15, -0.1) is 0 Å². The lowest BCUT2D eigenvalue weighted by Gasteiger charge is -2.09. The third kappa shape index (κ3) is 16.9. The molecular formula is C28H30N4O14. The van der Waals surface area contributed by atoms with Crippen LogP contribution < -0.4 is 10.6 Å². The molecule has 0 aromatic heterocycles. The van der Waals surface area contributed by atoms with Crippen LogP contribution in [0.15, 0.2) is 58.5 Å².